The van der Waals surface area contributed by atoms with Crippen LogP contribution in [0.25, 0.3) is 0 Å². The molecule has 0 aliphatic rings. The predicted molar refractivity (Wildman–Crippen MR) is 68.1 cm³/mol. The lowest BCUT2D eigenvalue weighted by atomic mass is 10.0. The van der Waals surface area contributed by atoms with E-state index >= 15 is 0 Å². The molecule has 0 aliphatic carbocycles. The zero-order chi connectivity index (χ0) is 12.3. The molecule has 0 unspecified atom stereocenters. The Morgan fingerprint density at radius 1 is 1.00 bits per heavy atom. The second kappa shape index (κ2) is 5.15. The molecule has 1 nitrogen and oxygen atoms in total. The molecule has 2 rings (SSSR count). The Labute approximate surface area is 104 Å². The number of hydrogen-bond donors (Lipinski definition) is 0. The molecule has 0 amide bonds. The number of ketones is 1. The third kappa shape index (κ3) is 2.39. The van der Waals surface area contributed by atoms with Crippen molar-refractivity contribution >= 4 is 17.5 Å². The van der Waals surface area contributed by atoms with Crippen LogP contribution in [0.2, 0.25) is 0 Å². The van der Waals surface area contributed by atoms with Gasteiger partial charge in [0, 0.05) is 10.5 Å². The third-order valence-corrected chi connectivity index (χ3v) is 3.27. The van der Waals surface area contributed by atoms with Gasteiger partial charge < -0.3 is 0 Å². The maximum Gasteiger partial charge on any atom is 0.197 e. The minimum atomic E-state index is -0.478. The van der Waals surface area contributed by atoms with Crippen molar-refractivity contribution in [3.8, 4) is 0 Å². The van der Waals surface area contributed by atoms with Crippen LogP contribution in [0.1, 0.15) is 15.9 Å². The van der Waals surface area contributed by atoms with Gasteiger partial charge in [0.1, 0.15) is 5.82 Å². The summed E-state index contributed by atoms with van der Waals surface area (Å²) in [5, 5.41) is 0. The maximum absolute atomic E-state index is 13.5. The van der Waals surface area contributed by atoms with Crippen molar-refractivity contribution in [2.45, 2.75) is 4.90 Å². The van der Waals surface area contributed by atoms with Crippen LogP contribution < -0.4 is 0 Å². The van der Waals surface area contributed by atoms with Crippen LogP contribution in [0.4, 0.5) is 4.39 Å². The Morgan fingerprint density at radius 2 is 1.59 bits per heavy atom. The summed E-state index contributed by atoms with van der Waals surface area (Å²) < 4.78 is 13.5. The summed E-state index contributed by atoms with van der Waals surface area (Å²) in [5.74, 6) is -0.749. The predicted octanol–water partition coefficient (Wildman–Crippen LogP) is 3.78. The number of carbonyl (C=O) groups is 1. The molecule has 0 spiro atoms. The molecule has 3 heteroatoms. The lowest BCUT2D eigenvalue weighted by Gasteiger charge is -2.06. The van der Waals surface area contributed by atoms with Gasteiger partial charge in [-0.2, -0.15) is 0 Å². The Kier molecular flexibility index (Phi) is 3.59. The summed E-state index contributed by atoms with van der Waals surface area (Å²) >= 11 is 1.48. The van der Waals surface area contributed by atoms with Crippen molar-refractivity contribution in [3.05, 3.63) is 65.5 Å². The van der Waals surface area contributed by atoms with Crippen molar-refractivity contribution < 1.29 is 9.18 Å². The highest BCUT2D eigenvalue weighted by Gasteiger charge is 2.15. The van der Waals surface area contributed by atoms with Crippen LogP contribution in [0.3, 0.4) is 0 Å². The molecular weight excluding hydrogens is 235 g/mol. The monoisotopic (exact) mass is 246 g/mol. The summed E-state index contributed by atoms with van der Waals surface area (Å²) in [4.78, 5) is 13.1. The standard InChI is InChI=1S/C14H11FOS/c1-17-13-9-5-3-7-11(13)14(16)10-6-2-4-8-12(10)15/h2-9H,1H3. The number of rotatable bonds is 3. The van der Waals surface area contributed by atoms with Crippen molar-refractivity contribution in [3.63, 3.8) is 0 Å². The van der Waals surface area contributed by atoms with E-state index in [1.54, 1.807) is 24.3 Å². The molecule has 0 N–H and O–H groups in total. The smallest absolute Gasteiger partial charge is 0.197 e. The zero-order valence-electron chi connectivity index (χ0n) is 9.31. The second-order valence-electron chi connectivity index (χ2n) is 3.51. The van der Waals surface area contributed by atoms with Gasteiger partial charge in [0.05, 0.1) is 5.56 Å². The lowest BCUT2D eigenvalue weighted by molar-refractivity contribution is 0.103. The van der Waals surface area contributed by atoms with E-state index in [0.717, 1.165) is 4.90 Å². The van der Waals surface area contributed by atoms with Gasteiger partial charge in [-0.05, 0) is 30.5 Å². The largest absolute Gasteiger partial charge is 0.288 e. The first-order chi connectivity index (χ1) is 8.24. The Hall–Kier alpha value is -1.61. The van der Waals surface area contributed by atoms with E-state index in [0.29, 0.717) is 5.56 Å². The zero-order valence-corrected chi connectivity index (χ0v) is 10.1. The molecule has 0 radical (unpaired) electrons. The quantitative estimate of drug-likeness (QED) is 0.605. The summed E-state index contributed by atoms with van der Waals surface area (Å²) in [6.07, 6.45) is 1.90. The van der Waals surface area contributed by atoms with Gasteiger partial charge in [-0.1, -0.05) is 24.3 Å². The number of hydrogen-bond acceptors (Lipinski definition) is 2. The summed E-state index contributed by atoms with van der Waals surface area (Å²) in [7, 11) is 0. The molecule has 86 valence electrons. The number of benzene rings is 2. The van der Waals surface area contributed by atoms with Gasteiger partial charge in [-0.25, -0.2) is 4.39 Å². The Morgan fingerprint density at radius 3 is 2.24 bits per heavy atom. The van der Waals surface area contributed by atoms with Crippen molar-refractivity contribution in [1.82, 2.24) is 0 Å². The molecule has 0 aliphatic heterocycles. The summed E-state index contributed by atoms with van der Waals surface area (Å²) in [6, 6.07) is 13.3. The van der Waals surface area contributed by atoms with Crippen LogP contribution in [0.5, 0.6) is 0 Å². The molecular formula is C14H11FOS. The molecule has 0 atom stereocenters. The van der Waals surface area contributed by atoms with Crippen molar-refractivity contribution in [2.24, 2.45) is 0 Å². The molecule has 0 aromatic heterocycles. The van der Waals surface area contributed by atoms with E-state index in [-0.39, 0.29) is 11.3 Å². The van der Waals surface area contributed by atoms with Gasteiger partial charge in [0.25, 0.3) is 0 Å². The molecule has 0 saturated heterocycles. The van der Waals surface area contributed by atoms with Crippen LogP contribution in [-0.2, 0) is 0 Å². The minimum Gasteiger partial charge on any atom is -0.288 e. The number of thioether (sulfide) groups is 1. The maximum atomic E-state index is 13.5. The van der Waals surface area contributed by atoms with E-state index in [9.17, 15) is 9.18 Å². The van der Waals surface area contributed by atoms with Crippen LogP contribution >= 0.6 is 11.8 Å². The van der Waals surface area contributed by atoms with Crippen LogP contribution in [0.15, 0.2) is 53.4 Å². The third-order valence-electron chi connectivity index (χ3n) is 2.47. The highest BCUT2D eigenvalue weighted by atomic mass is 32.2. The Bertz CT molecular complexity index is 551. The molecule has 2 aromatic rings. The van der Waals surface area contributed by atoms with Crippen molar-refractivity contribution in [1.29, 1.82) is 0 Å². The van der Waals surface area contributed by atoms with Gasteiger partial charge in [-0.3, -0.25) is 4.79 Å². The highest BCUT2D eigenvalue weighted by Crippen LogP contribution is 2.23. The molecule has 2 aromatic carbocycles. The first kappa shape index (κ1) is 11.9. The first-order valence-electron chi connectivity index (χ1n) is 5.16. The van der Waals surface area contributed by atoms with E-state index < -0.39 is 5.82 Å². The minimum absolute atomic E-state index is 0.119. The molecule has 0 fully saturated rings. The number of carbonyl (C=O) groups excluding carboxylic acids is 1. The van der Waals surface area contributed by atoms with Crippen LogP contribution in [0, 0.1) is 5.82 Å². The normalized spacial score (nSPS) is 10.2. The van der Waals surface area contributed by atoms with Gasteiger partial charge in [0.2, 0.25) is 0 Å². The van der Waals surface area contributed by atoms with Crippen LogP contribution in [-0.4, -0.2) is 12.0 Å². The highest BCUT2D eigenvalue weighted by molar-refractivity contribution is 7.98. The fourth-order valence-corrected chi connectivity index (χ4v) is 2.22. The topological polar surface area (TPSA) is 17.1 Å². The van der Waals surface area contributed by atoms with E-state index in [1.165, 1.54) is 23.9 Å². The average Bonchev–Trinajstić information content (AvgIpc) is 2.38. The molecule has 0 bridgehead atoms. The fraction of sp³-hybridized carbons (Fsp3) is 0.0714. The SMILES string of the molecule is CSc1ccccc1C(=O)c1ccccc1F. The van der Waals surface area contributed by atoms with E-state index in [4.69, 9.17) is 0 Å². The lowest BCUT2D eigenvalue weighted by Crippen LogP contribution is -2.05. The van der Waals surface area contributed by atoms with Crippen molar-refractivity contribution in [2.75, 3.05) is 6.26 Å². The van der Waals surface area contributed by atoms with E-state index in [2.05, 4.69) is 0 Å². The van der Waals surface area contributed by atoms with Gasteiger partial charge in [0.15, 0.2) is 5.78 Å². The Balaban J connectivity index is 2.48. The average molecular weight is 246 g/mol. The van der Waals surface area contributed by atoms with Gasteiger partial charge >= 0.3 is 0 Å². The summed E-state index contributed by atoms with van der Waals surface area (Å²) in [5.41, 5.74) is 0.666. The fourth-order valence-electron chi connectivity index (χ4n) is 1.62. The van der Waals surface area contributed by atoms with Gasteiger partial charge in [-0.15, -0.1) is 11.8 Å². The second-order valence-corrected chi connectivity index (χ2v) is 4.36. The van der Waals surface area contributed by atoms with E-state index in [1.807, 2.05) is 18.4 Å². The molecule has 0 saturated carbocycles. The first-order valence-corrected chi connectivity index (χ1v) is 6.38. The number of halogens is 1. The molecule has 0 heterocycles. The summed E-state index contributed by atoms with van der Waals surface area (Å²) in [6.45, 7) is 0. The molecule has 17 heavy (non-hydrogen) atoms.